The van der Waals surface area contributed by atoms with Gasteiger partial charge in [-0.15, -0.1) is 0 Å². The highest BCUT2D eigenvalue weighted by atomic mass is 127. The highest BCUT2D eigenvalue weighted by molar-refractivity contribution is 14.1. The number of aryl methyl sites for hydroxylation is 1. The Morgan fingerprint density at radius 1 is 1.10 bits per heavy atom. The number of carbonyl (C=O) groups is 1. The molecule has 3 rings (SSSR count). The summed E-state index contributed by atoms with van der Waals surface area (Å²) in [5, 5.41) is 1.99. The van der Waals surface area contributed by atoms with E-state index in [1.54, 1.807) is 0 Å². The number of alkyl halides is 1. The first-order chi connectivity index (χ1) is 14.0. The van der Waals surface area contributed by atoms with Crippen LogP contribution < -0.4 is 5.32 Å². The van der Waals surface area contributed by atoms with Crippen LogP contribution in [0.5, 0.6) is 0 Å². The number of benzene rings is 2. The molecule has 156 valence electrons. The molecule has 6 nitrogen and oxygen atoms in total. The molecule has 29 heavy (non-hydrogen) atoms. The molecule has 1 amide bonds. The zero-order chi connectivity index (χ0) is 20.7. The summed E-state index contributed by atoms with van der Waals surface area (Å²) in [6, 6.07) is 18.5. The summed E-state index contributed by atoms with van der Waals surface area (Å²) in [7, 11) is -3.74. The van der Waals surface area contributed by atoms with Crippen molar-refractivity contribution in [2.24, 2.45) is 0 Å². The SMILES string of the molecule is O=C(N[C@@H](CCc1ccccc1)[C@@H]1C[C@H](CI)OS1(=O)=O)OCc1ccccc1. The van der Waals surface area contributed by atoms with E-state index >= 15 is 0 Å². The Hall–Kier alpha value is -1.65. The second-order valence-electron chi connectivity index (χ2n) is 6.98. The third kappa shape index (κ3) is 6.42. The van der Waals surface area contributed by atoms with Crippen LogP contribution in [0.1, 0.15) is 24.0 Å². The smallest absolute Gasteiger partial charge is 0.407 e. The van der Waals surface area contributed by atoms with Crippen LogP contribution in [0.25, 0.3) is 0 Å². The zero-order valence-electron chi connectivity index (χ0n) is 15.9. The molecule has 2 aromatic rings. The summed E-state index contributed by atoms with van der Waals surface area (Å²) < 4.78 is 36.2. The molecule has 0 aromatic heterocycles. The van der Waals surface area contributed by atoms with Gasteiger partial charge < -0.3 is 10.1 Å². The number of alkyl carbamates (subject to hydrolysis) is 1. The van der Waals surface area contributed by atoms with E-state index in [1.807, 2.05) is 60.7 Å². The summed E-state index contributed by atoms with van der Waals surface area (Å²) in [5.41, 5.74) is 1.95. The van der Waals surface area contributed by atoms with Crippen LogP contribution in [0.15, 0.2) is 60.7 Å². The van der Waals surface area contributed by atoms with E-state index in [0.29, 0.717) is 23.7 Å². The predicted molar refractivity (Wildman–Crippen MR) is 119 cm³/mol. The molecule has 1 fully saturated rings. The van der Waals surface area contributed by atoms with Crippen molar-refractivity contribution < 1.29 is 22.1 Å². The average molecular weight is 529 g/mol. The highest BCUT2D eigenvalue weighted by Gasteiger charge is 2.44. The van der Waals surface area contributed by atoms with E-state index in [-0.39, 0.29) is 12.7 Å². The minimum absolute atomic E-state index is 0.127. The van der Waals surface area contributed by atoms with Gasteiger partial charge in [0.2, 0.25) is 0 Å². The van der Waals surface area contributed by atoms with E-state index in [2.05, 4.69) is 27.9 Å². The van der Waals surface area contributed by atoms with Gasteiger partial charge in [0.1, 0.15) is 11.9 Å². The van der Waals surface area contributed by atoms with E-state index in [9.17, 15) is 13.2 Å². The summed E-state index contributed by atoms with van der Waals surface area (Å²) >= 11 is 2.11. The molecular formula is C21H24INO5S. The van der Waals surface area contributed by atoms with Gasteiger partial charge >= 0.3 is 6.09 Å². The van der Waals surface area contributed by atoms with Crippen molar-refractivity contribution in [1.29, 1.82) is 0 Å². The van der Waals surface area contributed by atoms with E-state index in [4.69, 9.17) is 8.92 Å². The number of hydrogen-bond acceptors (Lipinski definition) is 5. The highest BCUT2D eigenvalue weighted by Crippen LogP contribution is 2.29. The van der Waals surface area contributed by atoms with Crippen LogP contribution in [0.2, 0.25) is 0 Å². The van der Waals surface area contributed by atoms with Crippen LogP contribution in [0.4, 0.5) is 4.79 Å². The van der Waals surface area contributed by atoms with E-state index in [1.165, 1.54) is 0 Å². The molecule has 1 aliphatic rings. The second-order valence-corrected chi connectivity index (χ2v) is 9.64. The molecular weight excluding hydrogens is 505 g/mol. The van der Waals surface area contributed by atoms with Crippen molar-refractivity contribution in [1.82, 2.24) is 5.32 Å². The van der Waals surface area contributed by atoms with Crippen molar-refractivity contribution in [2.45, 2.75) is 43.3 Å². The van der Waals surface area contributed by atoms with Crippen LogP contribution >= 0.6 is 22.6 Å². The van der Waals surface area contributed by atoms with Gasteiger partial charge in [0.05, 0.1) is 12.1 Å². The number of halogens is 1. The number of amides is 1. The first-order valence-electron chi connectivity index (χ1n) is 9.47. The lowest BCUT2D eigenvalue weighted by atomic mass is 10.00. The fraction of sp³-hybridized carbons (Fsp3) is 0.381. The molecule has 0 spiro atoms. The molecule has 1 heterocycles. The molecule has 1 N–H and O–H groups in total. The molecule has 0 saturated carbocycles. The zero-order valence-corrected chi connectivity index (χ0v) is 18.8. The lowest BCUT2D eigenvalue weighted by molar-refractivity contribution is 0.134. The fourth-order valence-corrected chi connectivity index (χ4v) is 5.87. The topological polar surface area (TPSA) is 81.7 Å². The van der Waals surface area contributed by atoms with Crippen molar-refractivity contribution >= 4 is 38.8 Å². The first-order valence-corrected chi connectivity index (χ1v) is 12.5. The molecule has 0 radical (unpaired) electrons. The van der Waals surface area contributed by atoms with Crippen molar-refractivity contribution in [3.63, 3.8) is 0 Å². The summed E-state index contributed by atoms with van der Waals surface area (Å²) in [6.45, 7) is 0.127. The maximum absolute atomic E-state index is 12.5. The van der Waals surface area contributed by atoms with Crippen molar-refractivity contribution in [2.75, 3.05) is 4.43 Å². The number of nitrogens with one attached hydrogen (secondary N) is 1. The molecule has 3 atom stereocenters. The van der Waals surface area contributed by atoms with Gasteiger partial charge in [-0.2, -0.15) is 8.42 Å². The average Bonchev–Trinajstić information content (AvgIpc) is 3.05. The quantitative estimate of drug-likeness (QED) is 0.320. The Morgan fingerprint density at radius 3 is 2.31 bits per heavy atom. The molecule has 0 aliphatic carbocycles. The van der Waals surface area contributed by atoms with Crippen LogP contribution in [-0.2, 0) is 32.1 Å². The standard InChI is InChI=1S/C21H24INO5S/c22-14-18-13-20(29(25,26)28-18)19(12-11-16-7-3-1-4-8-16)23-21(24)27-15-17-9-5-2-6-10-17/h1-10,18-20H,11-15H2,(H,23,24)/t18-,19+,20+/m1/s1. The van der Waals surface area contributed by atoms with Crippen molar-refractivity contribution in [3.8, 4) is 0 Å². The van der Waals surface area contributed by atoms with E-state index < -0.39 is 27.5 Å². The number of ether oxygens (including phenoxy) is 1. The predicted octanol–water partition coefficient (Wildman–Crippen LogP) is 3.84. The van der Waals surface area contributed by atoms with Gasteiger partial charge in [0.25, 0.3) is 10.1 Å². The lowest BCUT2D eigenvalue weighted by Gasteiger charge is -2.23. The van der Waals surface area contributed by atoms with Crippen LogP contribution in [0, 0.1) is 0 Å². The van der Waals surface area contributed by atoms with Crippen LogP contribution in [-0.4, -0.2) is 36.3 Å². The Morgan fingerprint density at radius 2 is 1.72 bits per heavy atom. The molecule has 0 unspecified atom stereocenters. The summed E-state index contributed by atoms with van der Waals surface area (Å²) in [4.78, 5) is 12.4. The first kappa shape index (κ1) is 22.0. The Bertz CT molecular complexity index is 892. The molecule has 1 aliphatic heterocycles. The summed E-state index contributed by atoms with van der Waals surface area (Å²) in [6.07, 6.45) is 0.507. The van der Waals surface area contributed by atoms with Crippen molar-refractivity contribution in [3.05, 3.63) is 71.8 Å². The third-order valence-electron chi connectivity index (χ3n) is 4.86. The largest absolute Gasteiger partial charge is 0.445 e. The number of hydrogen-bond donors (Lipinski definition) is 1. The van der Waals surface area contributed by atoms with Gasteiger partial charge in [0.15, 0.2) is 0 Å². The van der Waals surface area contributed by atoms with E-state index in [0.717, 1.165) is 11.1 Å². The lowest BCUT2D eigenvalue weighted by Crippen LogP contribution is -2.45. The van der Waals surface area contributed by atoms with Gasteiger partial charge in [-0.05, 0) is 30.4 Å². The molecule has 1 saturated heterocycles. The maximum atomic E-state index is 12.5. The van der Waals surface area contributed by atoms with Crippen LogP contribution in [0.3, 0.4) is 0 Å². The monoisotopic (exact) mass is 529 g/mol. The van der Waals surface area contributed by atoms with Gasteiger partial charge in [0, 0.05) is 4.43 Å². The van der Waals surface area contributed by atoms with Gasteiger partial charge in [-0.1, -0.05) is 83.3 Å². The molecule has 0 bridgehead atoms. The number of rotatable bonds is 8. The maximum Gasteiger partial charge on any atom is 0.407 e. The molecule has 2 aromatic carbocycles. The Kier molecular flexibility index (Phi) is 7.91. The third-order valence-corrected chi connectivity index (χ3v) is 7.65. The number of carbonyl (C=O) groups excluding carboxylic acids is 1. The van der Waals surface area contributed by atoms with Gasteiger partial charge in [-0.25, -0.2) is 4.79 Å². The Balaban J connectivity index is 1.67. The normalized spacial score (nSPS) is 21.4. The Labute approximate surface area is 185 Å². The summed E-state index contributed by atoms with van der Waals surface area (Å²) in [5.74, 6) is 0. The van der Waals surface area contributed by atoms with Gasteiger partial charge in [-0.3, -0.25) is 4.18 Å². The fourth-order valence-electron chi connectivity index (χ4n) is 3.37. The molecule has 8 heteroatoms. The second kappa shape index (κ2) is 10.4. The minimum Gasteiger partial charge on any atom is -0.445 e. The minimum atomic E-state index is -3.74.